The van der Waals surface area contributed by atoms with E-state index in [1.807, 2.05) is 0 Å². The maximum atomic E-state index is 10.7. The summed E-state index contributed by atoms with van der Waals surface area (Å²) in [7, 11) is -4.30. The highest BCUT2D eigenvalue weighted by Crippen LogP contribution is 2.20. The Hall–Kier alpha value is -0.130. The van der Waals surface area contributed by atoms with E-state index in [2.05, 4.69) is 18.0 Å². The van der Waals surface area contributed by atoms with Crippen molar-refractivity contribution >= 4 is 10.4 Å². The van der Waals surface area contributed by atoms with Gasteiger partial charge in [0.25, 0.3) is 0 Å². The van der Waals surface area contributed by atoms with Gasteiger partial charge >= 0.3 is 10.4 Å². The Morgan fingerprint density at radius 2 is 1.18 bits per heavy atom. The van der Waals surface area contributed by atoms with Crippen molar-refractivity contribution in [3.05, 3.63) is 0 Å². The molecule has 0 heterocycles. The van der Waals surface area contributed by atoms with Gasteiger partial charge in [-0.05, 0) is 18.8 Å². The Bertz CT molecular complexity index is 328. The van der Waals surface area contributed by atoms with Crippen LogP contribution in [0.4, 0.5) is 0 Å². The van der Waals surface area contributed by atoms with E-state index in [9.17, 15) is 8.42 Å². The number of hydrogen-bond acceptors (Lipinski definition) is 3. The molecule has 0 aromatic heterocycles. The largest absolute Gasteiger partial charge is 0.397 e. The molecule has 134 valence electrons. The number of rotatable bonds is 16. The Morgan fingerprint density at radius 3 is 1.64 bits per heavy atom. The second-order valence-corrected chi connectivity index (χ2v) is 7.43. The maximum Gasteiger partial charge on any atom is 0.397 e. The minimum atomic E-state index is -4.30. The first-order valence-electron chi connectivity index (χ1n) is 9.11. The first-order valence-corrected chi connectivity index (χ1v) is 10.5. The van der Waals surface area contributed by atoms with Gasteiger partial charge in [0, 0.05) is 0 Å². The smallest absolute Gasteiger partial charge is 0.264 e. The van der Waals surface area contributed by atoms with Gasteiger partial charge in [0.15, 0.2) is 0 Å². The minimum Gasteiger partial charge on any atom is -0.264 e. The van der Waals surface area contributed by atoms with Crippen molar-refractivity contribution in [2.75, 3.05) is 6.61 Å². The van der Waals surface area contributed by atoms with Gasteiger partial charge in [-0.25, -0.2) is 4.18 Å². The van der Waals surface area contributed by atoms with Crippen molar-refractivity contribution in [3.8, 4) is 0 Å². The third kappa shape index (κ3) is 16.2. The van der Waals surface area contributed by atoms with Crippen molar-refractivity contribution in [2.45, 2.75) is 97.3 Å². The summed E-state index contributed by atoms with van der Waals surface area (Å²) in [6.45, 7) is 4.52. The molecule has 0 radical (unpaired) electrons. The fraction of sp³-hybridized carbons (Fsp3) is 1.00. The van der Waals surface area contributed by atoms with Crippen LogP contribution in [0.3, 0.4) is 0 Å². The van der Waals surface area contributed by atoms with Crippen LogP contribution in [-0.4, -0.2) is 19.6 Å². The molecule has 0 aromatic rings. The second-order valence-electron chi connectivity index (χ2n) is 6.34. The highest BCUT2D eigenvalue weighted by molar-refractivity contribution is 7.80. The highest BCUT2D eigenvalue weighted by atomic mass is 32.3. The Labute approximate surface area is 138 Å². The SMILES string of the molecule is CCCCCCCCCC(CCCCCC)COS(=O)(=O)O. The standard InChI is InChI=1S/C17H36O4S/c1-3-5-7-9-10-11-13-15-17(14-12-8-6-4-2)16-21-22(18,19)20/h17H,3-16H2,1-2H3,(H,18,19,20). The lowest BCUT2D eigenvalue weighted by atomic mass is 9.95. The van der Waals surface area contributed by atoms with Gasteiger partial charge in [0.1, 0.15) is 0 Å². The molecule has 0 saturated carbocycles. The Morgan fingerprint density at radius 1 is 0.773 bits per heavy atom. The molecule has 0 spiro atoms. The van der Waals surface area contributed by atoms with Gasteiger partial charge in [0.2, 0.25) is 0 Å². The summed E-state index contributed by atoms with van der Waals surface area (Å²) in [6.07, 6.45) is 15.5. The molecule has 0 rings (SSSR count). The van der Waals surface area contributed by atoms with Crippen molar-refractivity contribution < 1.29 is 17.2 Å². The van der Waals surface area contributed by atoms with Gasteiger partial charge in [-0.3, -0.25) is 4.55 Å². The normalized spacial score (nSPS) is 13.4. The van der Waals surface area contributed by atoms with Crippen molar-refractivity contribution in [2.24, 2.45) is 5.92 Å². The zero-order chi connectivity index (χ0) is 16.7. The van der Waals surface area contributed by atoms with Gasteiger partial charge in [-0.2, -0.15) is 8.42 Å². The molecular formula is C17H36O4S. The predicted octanol–water partition coefficient (Wildman–Crippen LogP) is 5.53. The van der Waals surface area contributed by atoms with Crippen LogP contribution in [0, 0.1) is 5.92 Å². The van der Waals surface area contributed by atoms with E-state index >= 15 is 0 Å². The molecule has 0 aliphatic heterocycles. The topological polar surface area (TPSA) is 63.6 Å². The molecule has 0 aromatic carbocycles. The van der Waals surface area contributed by atoms with Gasteiger partial charge in [0.05, 0.1) is 6.61 Å². The van der Waals surface area contributed by atoms with Crippen molar-refractivity contribution in [3.63, 3.8) is 0 Å². The molecule has 1 N–H and O–H groups in total. The summed E-state index contributed by atoms with van der Waals surface area (Å²) in [6, 6.07) is 0. The van der Waals surface area contributed by atoms with Crippen LogP contribution in [-0.2, 0) is 14.6 Å². The van der Waals surface area contributed by atoms with Gasteiger partial charge in [-0.15, -0.1) is 0 Å². The molecular weight excluding hydrogens is 300 g/mol. The average molecular weight is 337 g/mol. The predicted molar refractivity (Wildman–Crippen MR) is 92.4 cm³/mol. The van der Waals surface area contributed by atoms with E-state index in [4.69, 9.17) is 4.55 Å². The van der Waals surface area contributed by atoms with Crippen molar-refractivity contribution in [1.29, 1.82) is 0 Å². The Kier molecular flexibility index (Phi) is 14.4. The van der Waals surface area contributed by atoms with Gasteiger partial charge < -0.3 is 0 Å². The average Bonchev–Trinajstić information content (AvgIpc) is 2.46. The van der Waals surface area contributed by atoms with Gasteiger partial charge in [-0.1, -0.05) is 84.5 Å². The van der Waals surface area contributed by atoms with E-state index in [1.54, 1.807) is 0 Å². The zero-order valence-corrected chi connectivity index (χ0v) is 15.4. The van der Waals surface area contributed by atoms with Crippen LogP contribution < -0.4 is 0 Å². The molecule has 0 amide bonds. The van der Waals surface area contributed by atoms with E-state index in [-0.39, 0.29) is 12.5 Å². The number of hydrogen-bond donors (Lipinski definition) is 1. The third-order valence-electron chi connectivity index (χ3n) is 4.13. The number of unbranched alkanes of at least 4 members (excludes halogenated alkanes) is 9. The van der Waals surface area contributed by atoms with Crippen LogP contribution in [0.2, 0.25) is 0 Å². The lowest BCUT2D eigenvalue weighted by Gasteiger charge is -2.15. The van der Waals surface area contributed by atoms with Crippen molar-refractivity contribution in [1.82, 2.24) is 0 Å². The summed E-state index contributed by atoms with van der Waals surface area (Å²) < 4.78 is 34.7. The van der Waals surface area contributed by atoms with Crippen LogP contribution in [0.5, 0.6) is 0 Å². The molecule has 0 bridgehead atoms. The summed E-state index contributed by atoms with van der Waals surface area (Å²) in [4.78, 5) is 0. The molecule has 0 fully saturated rings. The van der Waals surface area contributed by atoms with E-state index in [0.717, 1.165) is 25.7 Å². The molecule has 1 unspecified atom stereocenters. The fourth-order valence-corrected chi connectivity index (χ4v) is 3.11. The maximum absolute atomic E-state index is 10.7. The molecule has 0 aliphatic rings. The molecule has 5 heteroatoms. The summed E-state index contributed by atoms with van der Waals surface area (Å²) in [5.74, 6) is 0.245. The van der Waals surface area contributed by atoms with E-state index < -0.39 is 10.4 Å². The van der Waals surface area contributed by atoms with Crippen LogP contribution >= 0.6 is 0 Å². The molecule has 4 nitrogen and oxygen atoms in total. The van der Waals surface area contributed by atoms with E-state index in [1.165, 1.54) is 57.8 Å². The zero-order valence-electron chi connectivity index (χ0n) is 14.6. The molecule has 0 saturated heterocycles. The molecule has 1 atom stereocenters. The lowest BCUT2D eigenvalue weighted by molar-refractivity contribution is 0.204. The van der Waals surface area contributed by atoms with Crippen LogP contribution in [0.25, 0.3) is 0 Å². The third-order valence-corrected chi connectivity index (χ3v) is 4.57. The second kappa shape index (κ2) is 14.5. The highest BCUT2D eigenvalue weighted by Gasteiger charge is 2.13. The first kappa shape index (κ1) is 21.9. The quantitative estimate of drug-likeness (QED) is 0.297. The summed E-state index contributed by atoms with van der Waals surface area (Å²) in [5, 5.41) is 0. The summed E-state index contributed by atoms with van der Waals surface area (Å²) >= 11 is 0. The monoisotopic (exact) mass is 336 g/mol. The van der Waals surface area contributed by atoms with E-state index in [0.29, 0.717) is 0 Å². The lowest BCUT2D eigenvalue weighted by Crippen LogP contribution is -2.14. The summed E-state index contributed by atoms with van der Waals surface area (Å²) in [5.41, 5.74) is 0. The fourth-order valence-electron chi connectivity index (χ4n) is 2.74. The van der Waals surface area contributed by atoms with Crippen LogP contribution in [0.1, 0.15) is 97.3 Å². The minimum absolute atomic E-state index is 0.126. The first-order chi connectivity index (χ1) is 10.5. The molecule has 0 aliphatic carbocycles. The molecule has 22 heavy (non-hydrogen) atoms. The Balaban J connectivity index is 3.85. The van der Waals surface area contributed by atoms with Crippen LogP contribution in [0.15, 0.2) is 0 Å².